The van der Waals surface area contributed by atoms with E-state index in [1.165, 1.54) is 0 Å². The number of hydrogen-bond acceptors (Lipinski definition) is 4. The molecule has 0 aliphatic rings. The Labute approximate surface area is 156 Å². The number of aliphatic hydroxyl groups is 2. The Hall–Kier alpha value is -2.80. The van der Waals surface area contributed by atoms with E-state index in [-0.39, 0.29) is 12.4 Å². The largest absolute Gasteiger partial charge is 0.508 e. The standard InChI is InChI=1S/C21H23N3O3/c22-8-7-14-15-9-12(26)5-6-18(15)24-21(14)20(19(27)11-25)16-10-23-17-4-2-1-3-13(16)17/h1-6,9-10,19-20,23-27H,7-8,11,22H2/t19-,20+/m1/s1. The van der Waals surface area contributed by atoms with Crippen LogP contribution in [0.3, 0.4) is 0 Å². The zero-order valence-electron chi connectivity index (χ0n) is 14.8. The molecule has 2 heterocycles. The lowest BCUT2D eigenvalue weighted by atomic mass is 9.87. The zero-order chi connectivity index (χ0) is 19.0. The molecular formula is C21H23N3O3. The molecule has 4 rings (SSSR count). The van der Waals surface area contributed by atoms with Crippen molar-refractivity contribution in [2.24, 2.45) is 5.73 Å². The van der Waals surface area contributed by atoms with Crippen molar-refractivity contribution in [3.8, 4) is 5.75 Å². The van der Waals surface area contributed by atoms with Gasteiger partial charge in [0.1, 0.15) is 5.75 Å². The summed E-state index contributed by atoms with van der Waals surface area (Å²) in [5.41, 5.74) is 10.3. The van der Waals surface area contributed by atoms with Gasteiger partial charge in [0.15, 0.2) is 0 Å². The van der Waals surface area contributed by atoms with Crippen molar-refractivity contribution in [2.75, 3.05) is 13.2 Å². The molecule has 2 atom stereocenters. The van der Waals surface area contributed by atoms with Crippen LogP contribution in [0.5, 0.6) is 5.75 Å². The lowest BCUT2D eigenvalue weighted by Gasteiger charge is -2.22. The number of benzene rings is 2. The average Bonchev–Trinajstić information content (AvgIpc) is 3.25. The van der Waals surface area contributed by atoms with Crippen LogP contribution in [-0.2, 0) is 6.42 Å². The van der Waals surface area contributed by atoms with Crippen LogP contribution in [0, 0.1) is 0 Å². The summed E-state index contributed by atoms with van der Waals surface area (Å²) < 4.78 is 0. The van der Waals surface area contributed by atoms with Gasteiger partial charge in [0.25, 0.3) is 0 Å². The molecule has 0 radical (unpaired) electrons. The monoisotopic (exact) mass is 365 g/mol. The smallest absolute Gasteiger partial charge is 0.116 e. The third-order valence-corrected chi connectivity index (χ3v) is 5.16. The van der Waals surface area contributed by atoms with Crippen LogP contribution < -0.4 is 5.73 Å². The number of nitrogens with one attached hydrogen (secondary N) is 2. The molecule has 2 aromatic heterocycles. The van der Waals surface area contributed by atoms with E-state index in [9.17, 15) is 15.3 Å². The van der Waals surface area contributed by atoms with E-state index < -0.39 is 12.0 Å². The average molecular weight is 365 g/mol. The molecule has 6 heteroatoms. The van der Waals surface area contributed by atoms with Crippen molar-refractivity contribution in [2.45, 2.75) is 18.4 Å². The summed E-state index contributed by atoms with van der Waals surface area (Å²) in [5.74, 6) is -0.278. The van der Waals surface area contributed by atoms with Crippen molar-refractivity contribution >= 4 is 21.8 Å². The van der Waals surface area contributed by atoms with Gasteiger partial charge in [-0.05, 0) is 48.4 Å². The topological polar surface area (TPSA) is 118 Å². The van der Waals surface area contributed by atoms with Gasteiger partial charge in [-0.3, -0.25) is 0 Å². The number of aliphatic hydroxyl groups excluding tert-OH is 2. The summed E-state index contributed by atoms with van der Waals surface area (Å²) in [5, 5.41) is 32.2. The highest BCUT2D eigenvalue weighted by Crippen LogP contribution is 2.38. The molecule has 0 aliphatic heterocycles. The van der Waals surface area contributed by atoms with Crippen molar-refractivity contribution < 1.29 is 15.3 Å². The van der Waals surface area contributed by atoms with Crippen molar-refractivity contribution in [3.05, 3.63) is 65.5 Å². The Morgan fingerprint density at radius 1 is 1.04 bits per heavy atom. The third-order valence-electron chi connectivity index (χ3n) is 5.16. The molecule has 0 bridgehead atoms. The molecule has 7 N–H and O–H groups in total. The number of para-hydroxylation sites is 1. The highest BCUT2D eigenvalue weighted by molar-refractivity contribution is 5.88. The number of hydrogen-bond donors (Lipinski definition) is 6. The Kier molecular flexibility index (Phi) is 4.61. The molecule has 0 saturated carbocycles. The Balaban J connectivity index is 1.97. The molecule has 4 aromatic rings. The lowest BCUT2D eigenvalue weighted by Crippen LogP contribution is -2.25. The quantitative estimate of drug-likeness (QED) is 0.314. The minimum absolute atomic E-state index is 0.178. The molecule has 140 valence electrons. The minimum Gasteiger partial charge on any atom is -0.508 e. The number of aromatic hydroxyl groups is 1. The van der Waals surface area contributed by atoms with Crippen molar-refractivity contribution in [1.29, 1.82) is 0 Å². The highest BCUT2D eigenvalue weighted by Gasteiger charge is 2.29. The van der Waals surface area contributed by atoms with E-state index >= 15 is 0 Å². The number of fused-ring (bicyclic) bond motifs is 2. The summed E-state index contributed by atoms with van der Waals surface area (Å²) in [6.07, 6.45) is 1.49. The van der Waals surface area contributed by atoms with Gasteiger partial charge in [0, 0.05) is 33.7 Å². The van der Waals surface area contributed by atoms with Crippen LogP contribution >= 0.6 is 0 Å². The number of rotatable bonds is 6. The molecule has 0 aliphatic carbocycles. The van der Waals surface area contributed by atoms with Crippen molar-refractivity contribution in [1.82, 2.24) is 9.97 Å². The van der Waals surface area contributed by atoms with E-state index in [4.69, 9.17) is 5.73 Å². The van der Waals surface area contributed by atoms with Crippen LogP contribution in [0.1, 0.15) is 22.7 Å². The first-order valence-electron chi connectivity index (χ1n) is 9.02. The second-order valence-electron chi connectivity index (χ2n) is 6.80. The highest BCUT2D eigenvalue weighted by atomic mass is 16.3. The Morgan fingerprint density at radius 2 is 1.85 bits per heavy atom. The van der Waals surface area contributed by atoms with Crippen LogP contribution in [0.2, 0.25) is 0 Å². The zero-order valence-corrected chi connectivity index (χ0v) is 14.8. The van der Waals surface area contributed by atoms with Crippen LogP contribution in [0.25, 0.3) is 21.8 Å². The van der Waals surface area contributed by atoms with E-state index in [1.54, 1.807) is 12.1 Å². The van der Waals surface area contributed by atoms with Gasteiger partial charge in [0.2, 0.25) is 0 Å². The van der Waals surface area contributed by atoms with Crippen LogP contribution in [0.4, 0.5) is 0 Å². The van der Waals surface area contributed by atoms with Gasteiger partial charge in [-0.2, -0.15) is 0 Å². The summed E-state index contributed by atoms with van der Waals surface area (Å²) in [6, 6.07) is 13.0. The molecule has 0 saturated heterocycles. The molecule has 0 unspecified atom stereocenters. The summed E-state index contributed by atoms with van der Waals surface area (Å²) >= 11 is 0. The fraction of sp³-hybridized carbons (Fsp3) is 0.238. The maximum absolute atomic E-state index is 10.7. The second kappa shape index (κ2) is 7.08. The second-order valence-corrected chi connectivity index (χ2v) is 6.80. The van der Waals surface area contributed by atoms with E-state index in [2.05, 4.69) is 9.97 Å². The maximum Gasteiger partial charge on any atom is 0.116 e. The SMILES string of the molecule is NCCc1c([C@@H](c2c[nH]c3ccccc23)[C@H](O)CO)[nH]c2ccc(O)cc12. The Morgan fingerprint density at radius 3 is 2.63 bits per heavy atom. The molecule has 6 nitrogen and oxygen atoms in total. The predicted molar refractivity (Wildman–Crippen MR) is 106 cm³/mol. The number of H-pyrrole nitrogens is 2. The molecule has 0 fully saturated rings. The first kappa shape index (κ1) is 17.6. The summed E-state index contributed by atoms with van der Waals surface area (Å²) in [7, 11) is 0. The maximum atomic E-state index is 10.7. The predicted octanol–water partition coefficient (Wildman–Crippen LogP) is 2.34. The Bertz CT molecular complexity index is 1080. The van der Waals surface area contributed by atoms with Gasteiger partial charge in [0.05, 0.1) is 18.6 Å². The molecule has 0 amide bonds. The van der Waals surface area contributed by atoms with Gasteiger partial charge in [-0.25, -0.2) is 0 Å². The van der Waals surface area contributed by atoms with Crippen LogP contribution in [-0.4, -0.2) is 44.5 Å². The van der Waals surface area contributed by atoms with Gasteiger partial charge in [-0.15, -0.1) is 0 Å². The summed E-state index contributed by atoms with van der Waals surface area (Å²) in [6.45, 7) is 0.0677. The van der Waals surface area contributed by atoms with Crippen molar-refractivity contribution in [3.63, 3.8) is 0 Å². The summed E-state index contributed by atoms with van der Waals surface area (Å²) in [4.78, 5) is 6.63. The lowest BCUT2D eigenvalue weighted by molar-refractivity contribution is 0.0816. The first-order valence-corrected chi connectivity index (χ1v) is 9.02. The number of aromatic nitrogens is 2. The van der Waals surface area contributed by atoms with Gasteiger partial charge in [-0.1, -0.05) is 18.2 Å². The van der Waals surface area contributed by atoms with E-state index in [1.807, 2.05) is 36.5 Å². The molecule has 27 heavy (non-hydrogen) atoms. The van der Waals surface area contributed by atoms with Gasteiger partial charge >= 0.3 is 0 Å². The number of phenolic OH excluding ortho intramolecular Hbond substituents is 1. The molecular weight excluding hydrogens is 342 g/mol. The van der Waals surface area contributed by atoms with Crippen LogP contribution in [0.15, 0.2) is 48.7 Å². The number of aromatic amines is 2. The first-order chi connectivity index (χ1) is 13.1. The third kappa shape index (κ3) is 2.98. The van der Waals surface area contributed by atoms with Gasteiger partial charge < -0.3 is 31.0 Å². The number of phenols is 1. The van der Waals surface area contributed by atoms with E-state index in [0.717, 1.165) is 38.6 Å². The normalized spacial score (nSPS) is 14.0. The molecule has 2 aromatic carbocycles. The minimum atomic E-state index is -0.984. The fourth-order valence-electron chi connectivity index (χ4n) is 3.95. The fourth-order valence-corrected chi connectivity index (χ4v) is 3.95. The van der Waals surface area contributed by atoms with E-state index in [0.29, 0.717) is 13.0 Å². The number of nitrogens with two attached hydrogens (primary N) is 1. The molecule has 0 spiro atoms.